The third-order valence-electron chi connectivity index (χ3n) is 3.15. The fraction of sp³-hybridized carbons (Fsp3) is 0.667. The first-order valence-corrected chi connectivity index (χ1v) is 6.42. The monoisotopic (exact) mass is 266 g/mol. The Morgan fingerprint density at radius 3 is 2.63 bits per heavy atom. The number of carboxylic acid groups (broad SMARTS) is 1. The minimum atomic E-state index is -0.907. The summed E-state index contributed by atoms with van der Waals surface area (Å²) in [6, 6.07) is -0.328. The smallest absolute Gasteiger partial charge is 0.305 e. The standard InChI is InChI=1S/C12H18N4O3/c1-6(2)10-14-11(16-15-10)12(19)13-8(5-9(17)18)7-3-4-7/h6-8H,3-5H2,1-2H3,(H,13,19)(H,17,18)(H,14,15,16). The third kappa shape index (κ3) is 3.52. The molecule has 0 bridgehead atoms. The Morgan fingerprint density at radius 2 is 2.16 bits per heavy atom. The predicted molar refractivity (Wildman–Crippen MR) is 66.7 cm³/mol. The van der Waals surface area contributed by atoms with Crippen LogP contribution in [0.25, 0.3) is 0 Å². The molecule has 1 aromatic heterocycles. The van der Waals surface area contributed by atoms with E-state index in [1.54, 1.807) is 0 Å². The number of H-pyrrole nitrogens is 1. The van der Waals surface area contributed by atoms with Crippen molar-refractivity contribution in [3.8, 4) is 0 Å². The van der Waals surface area contributed by atoms with Crippen LogP contribution in [-0.4, -0.2) is 38.2 Å². The SMILES string of the molecule is CC(C)c1nc(C(=O)NC(CC(=O)O)C2CC2)n[nH]1. The molecule has 0 radical (unpaired) electrons. The van der Waals surface area contributed by atoms with Gasteiger partial charge in [-0.15, -0.1) is 5.10 Å². The number of hydrogen-bond acceptors (Lipinski definition) is 4. The predicted octanol–water partition coefficient (Wildman–Crippen LogP) is 0.911. The fourth-order valence-electron chi connectivity index (χ4n) is 1.89. The lowest BCUT2D eigenvalue weighted by Gasteiger charge is -2.14. The summed E-state index contributed by atoms with van der Waals surface area (Å²) in [5.41, 5.74) is 0. The van der Waals surface area contributed by atoms with Gasteiger partial charge < -0.3 is 10.4 Å². The second-order valence-electron chi connectivity index (χ2n) is 5.21. The summed E-state index contributed by atoms with van der Waals surface area (Å²) in [6.07, 6.45) is 1.87. The molecule has 1 aliphatic rings. The number of aromatic nitrogens is 3. The van der Waals surface area contributed by atoms with Gasteiger partial charge in [-0.1, -0.05) is 13.8 Å². The van der Waals surface area contributed by atoms with Crippen LogP contribution in [0.15, 0.2) is 0 Å². The van der Waals surface area contributed by atoms with Crippen molar-refractivity contribution in [1.29, 1.82) is 0 Å². The van der Waals surface area contributed by atoms with Gasteiger partial charge >= 0.3 is 5.97 Å². The summed E-state index contributed by atoms with van der Waals surface area (Å²) in [5, 5.41) is 18.1. The fourth-order valence-corrected chi connectivity index (χ4v) is 1.89. The van der Waals surface area contributed by atoms with E-state index in [1.165, 1.54) is 0 Å². The van der Waals surface area contributed by atoms with Crippen LogP contribution < -0.4 is 5.32 Å². The topological polar surface area (TPSA) is 108 Å². The van der Waals surface area contributed by atoms with Crippen molar-refractivity contribution in [2.24, 2.45) is 5.92 Å². The van der Waals surface area contributed by atoms with Crippen molar-refractivity contribution >= 4 is 11.9 Å². The third-order valence-corrected chi connectivity index (χ3v) is 3.15. The van der Waals surface area contributed by atoms with Gasteiger partial charge in [-0.2, -0.15) is 0 Å². The van der Waals surface area contributed by atoms with Crippen molar-refractivity contribution in [1.82, 2.24) is 20.5 Å². The number of nitrogens with one attached hydrogen (secondary N) is 2. The zero-order valence-electron chi connectivity index (χ0n) is 11.0. The summed E-state index contributed by atoms with van der Waals surface area (Å²) in [5.74, 6) is -0.182. The molecule has 1 fully saturated rings. The molecule has 0 spiro atoms. The summed E-state index contributed by atoms with van der Waals surface area (Å²) in [4.78, 5) is 26.8. The Morgan fingerprint density at radius 1 is 1.47 bits per heavy atom. The first kappa shape index (κ1) is 13.5. The highest BCUT2D eigenvalue weighted by Crippen LogP contribution is 2.34. The highest BCUT2D eigenvalue weighted by Gasteiger charge is 2.34. The first-order chi connectivity index (χ1) is 8.97. The Balaban J connectivity index is 1.99. The molecule has 0 saturated heterocycles. The molecule has 1 atom stereocenters. The Hall–Kier alpha value is -1.92. The Bertz CT molecular complexity index is 479. The maximum Gasteiger partial charge on any atom is 0.305 e. The molecule has 7 nitrogen and oxygen atoms in total. The lowest BCUT2D eigenvalue weighted by Crippen LogP contribution is -2.38. The van der Waals surface area contributed by atoms with Gasteiger partial charge in [0.05, 0.1) is 6.42 Å². The highest BCUT2D eigenvalue weighted by atomic mass is 16.4. The highest BCUT2D eigenvalue weighted by molar-refractivity contribution is 5.90. The van der Waals surface area contributed by atoms with Gasteiger partial charge in [0.2, 0.25) is 5.82 Å². The van der Waals surface area contributed by atoms with Crippen LogP contribution in [0.5, 0.6) is 0 Å². The molecule has 1 aromatic rings. The van der Waals surface area contributed by atoms with Crippen LogP contribution >= 0.6 is 0 Å². The van der Waals surface area contributed by atoms with E-state index in [4.69, 9.17) is 5.11 Å². The van der Waals surface area contributed by atoms with Gasteiger partial charge in [0.1, 0.15) is 5.82 Å². The number of aromatic amines is 1. The molecule has 0 aliphatic heterocycles. The quantitative estimate of drug-likeness (QED) is 0.709. The van der Waals surface area contributed by atoms with Crippen molar-refractivity contribution in [2.75, 3.05) is 0 Å². The average molecular weight is 266 g/mol. The Kier molecular flexibility index (Phi) is 3.82. The number of aliphatic carboxylic acids is 1. The van der Waals surface area contributed by atoms with E-state index in [2.05, 4.69) is 20.5 Å². The minimum absolute atomic E-state index is 0.0577. The number of carboxylic acids is 1. The molecule has 7 heteroatoms. The van der Waals surface area contributed by atoms with Crippen LogP contribution in [0.1, 0.15) is 55.5 Å². The van der Waals surface area contributed by atoms with E-state index in [0.29, 0.717) is 5.82 Å². The summed E-state index contributed by atoms with van der Waals surface area (Å²) >= 11 is 0. The molecule has 1 unspecified atom stereocenters. The lowest BCUT2D eigenvalue weighted by atomic mass is 10.1. The van der Waals surface area contributed by atoms with Crippen molar-refractivity contribution in [2.45, 2.75) is 45.1 Å². The molecule has 1 saturated carbocycles. The van der Waals surface area contributed by atoms with Crippen molar-refractivity contribution in [3.05, 3.63) is 11.6 Å². The molecule has 1 amide bonds. The van der Waals surface area contributed by atoms with E-state index < -0.39 is 11.9 Å². The summed E-state index contributed by atoms with van der Waals surface area (Å²) in [6.45, 7) is 3.89. The van der Waals surface area contributed by atoms with Crippen LogP contribution in [0.4, 0.5) is 0 Å². The number of carbonyl (C=O) groups excluding carboxylic acids is 1. The zero-order valence-corrected chi connectivity index (χ0v) is 11.0. The first-order valence-electron chi connectivity index (χ1n) is 6.42. The van der Waals surface area contributed by atoms with Crippen LogP contribution in [0.2, 0.25) is 0 Å². The van der Waals surface area contributed by atoms with E-state index in [9.17, 15) is 9.59 Å². The van der Waals surface area contributed by atoms with Gasteiger partial charge in [-0.25, -0.2) is 4.98 Å². The van der Waals surface area contributed by atoms with Crippen molar-refractivity contribution in [3.63, 3.8) is 0 Å². The van der Waals surface area contributed by atoms with E-state index in [0.717, 1.165) is 12.8 Å². The summed E-state index contributed by atoms with van der Waals surface area (Å²) in [7, 11) is 0. The van der Waals surface area contributed by atoms with Crippen LogP contribution in [0.3, 0.4) is 0 Å². The second kappa shape index (κ2) is 5.38. The molecule has 1 heterocycles. The molecular weight excluding hydrogens is 248 g/mol. The molecule has 1 aliphatic carbocycles. The van der Waals surface area contributed by atoms with Gasteiger partial charge in [-0.3, -0.25) is 14.7 Å². The molecule has 3 N–H and O–H groups in total. The number of carbonyl (C=O) groups is 2. The molecule has 0 aromatic carbocycles. The number of rotatable bonds is 6. The number of hydrogen-bond donors (Lipinski definition) is 3. The Labute approximate surface area is 110 Å². The van der Waals surface area contributed by atoms with Crippen LogP contribution in [0, 0.1) is 5.92 Å². The van der Waals surface area contributed by atoms with Gasteiger partial charge in [-0.05, 0) is 18.8 Å². The van der Waals surface area contributed by atoms with Crippen molar-refractivity contribution < 1.29 is 14.7 Å². The largest absolute Gasteiger partial charge is 0.481 e. The summed E-state index contributed by atoms with van der Waals surface area (Å²) < 4.78 is 0. The van der Waals surface area contributed by atoms with Gasteiger partial charge in [0.15, 0.2) is 0 Å². The molecule has 19 heavy (non-hydrogen) atoms. The van der Waals surface area contributed by atoms with E-state index >= 15 is 0 Å². The normalized spacial score (nSPS) is 16.4. The second-order valence-corrected chi connectivity index (χ2v) is 5.21. The van der Waals surface area contributed by atoms with E-state index in [-0.39, 0.29) is 30.1 Å². The molecule has 104 valence electrons. The maximum atomic E-state index is 12.0. The average Bonchev–Trinajstić information content (AvgIpc) is 3.04. The molecular formula is C12H18N4O3. The molecule has 2 rings (SSSR count). The van der Waals surface area contributed by atoms with Gasteiger partial charge in [0, 0.05) is 12.0 Å². The zero-order chi connectivity index (χ0) is 14.0. The maximum absolute atomic E-state index is 12.0. The lowest BCUT2D eigenvalue weighted by molar-refractivity contribution is -0.137. The van der Waals surface area contributed by atoms with Crippen LogP contribution in [-0.2, 0) is 4.79 Å². The van der Waals surface area contributed by atoms with E-state index in [1.807, 2.05) is 13.8 Å². The number of amides is 1. The van der Waals surface area contributed by atoms with Gasteiger partial charge in [0.25, 0.3) is 5.91 Å². The number of nitrogens with zero attached hydrogens (tertiary/aromatic N) is 2. The minimum Gasteiger partial charge on any atom is -0.481 e.